The number of hydrogen-bond acceptors (Lipinski definition) is 4. The van der Waals surface area contributed by atoms with Gasteiger partial charge in [-0.15, -0.1) is 0 Å². The molecule has 2 fully saturated rings. The molecule has 1 aromatic rings. The minimum absolute atomic E-state index is 0.0366. The second-order valence-electron chi connectivity index (χ2n) is 5.08. The molecule has 2 aliphatic heterocycles. The third-order valence-corrected chi connectivity index (χ3v) is 3.98. The molecule has 0 spiro atoms. The summed E-state index contributed by atoms with van der Waals surface area (Å²) in [5, 5.41) is 13.1. The highest BCUT2D eigenvalue weighted by Gasteiger charge is 2.37. The Labute approximate surface area is 110 Å². The van der Waals surface area contributed by atoms with Crippen molar-refractivity contribution in [1.82, 2.24) is 19.6 Å². The van der Waals surface area contributed by atoms with Crippen LogP contribution < -0.4 is 0 Å². The number of amides is 1. The molecule has 2 atom stereocenters. The van der Waals surface area contributed by atoms with Crippen LogP contribution in [0.1, 0.15) is 27.3 Å². The van der Waals surface area contributed by atoms with Crippen LogP contribution in [0.2, 0.25) is 0 Å². The van der Waals surface area contributed by atoms with E-state index in [2.05, 4.69) is 10.00 Å². The first-order valence-electron chi connectivity index (χ1n) is 6.36. The van der Waals surface area contributed by atoms with Gasteiger partial charge in [0, 0.05) is 39.3 Å². The Kier molecular flexibility index (Phi) is 2.78. The van der Waals surface area contributed by atoms with Gasteiger partial charge in [0.1, 0.15) is 0 Å². The minimum Gasteiger partial charge on any atom is -0.477 e. The quantitative estimate of drug-likeness (QED) is 0.789. The van der Waals surface area contributed by atoms with Crippen molar-refractivity contribution in [3.63, 3.8) is 0 Å². The molecule has 2 unspecified atom stereocenters. The summed E-state index contributed by atoms with van der Waals surface area (Å²) < 4.78 is 1.24. The predicted octanol–water partition coefficient (Wildman–Crippen LogP) is -0.352. The fourth-order valence-electron chi connectivity index (χ4n) is 2.97. The molecule has 0 saturated carbocycles. The summed E-state index contributed by atoms with van der Waals surface area (Å²) in [4.78, 5) is 27.9. The van der Waals surface area contributed by atoms with Gasteiger partial charge < -0.3 is 10.0 Å². The summed E-state index contributed by atoms with van der Waals surface area (Å²) in [6.07, 6.45) is 2.32. The van der Waals surface area contributed by atoms with Crippen LogP contribution in [0.15, 0.2) is 6.20 Å². The summed E-state index contributed by atoms with van der Waals surface area (Å²) in [6.45, 7) is 3.45. The van der Waals surface area contributed by atoms with E-state index in [0.29, 0.717) is 6.54 Å². The third kappa shape index (κ3) is 1.90. The third-order valence-electron chi connectivity index (χ3n) is 3.98. The zero-order chi connectivity index (χ0) is 13.6. The van der Waals surface area contributed by atoms with Gasteiger partial charge in [-0.25, -0.2) is 4.79 Å². The van der Waals surface area contributed by atoms with Crippen molar-refractivity contribution in [2.45, 2.75) is 12.5 Å². The van der Waals surface area contributed by atoms with E-state index in [1.54, 1.807) is 4.90 Å². The summed E-state index contributed by atoms with van der Waals surface area (Å²) in [5.41, 5.74) is 0.153. The van der Waals surface area contributed by atoms with Crippen molar-refractivity contribution in [1.29, 1.82) is 0 Å². The van der Waals surface area contributed by atoms with Crippen molar-refractivity contribution in [2.24, 2.45) is 7.05 Å². The van der Waals surface area contributed by atoms with Gasteiger partial charge >= 0.3 is 5.97 Å². The van der Waals surface area contributed by atoms with Gasteiger partial charge in [0.25, 0.3) is 5.91 Å². The van der Waals surface area contributed by atoms with E-state index in [4.69, 9.17) is 0 Å². The van der Waals surface area contributed by atoms with Gasteiger partial charge in [-0.05, 0) is 6.42 Å². The molecule has 0 aromatic carbocycles. The molecule has 7 nitrogen and oxygen atoms in total. The molecule has 0 radical (unpaired) electrons. The molecule has 0 aliphatic carbocycles. The number of carboxylic acid groups (broad SMARTS) is 1. The van der Waals surface area contributed by atoms with Crippen LogP contribution in [-0.4, -0.2) is 68.8 Å². The molecule has 3 rings (SSSR count). The van der Waals surface area contributed by atoms with Gasteiger partial charge in [-0.3, -0.25) is 14.4 Å². The highest BCUT2D eigenvalue weighted by atomic mass is 16.4. The number of fused-ring (bicyclic) bond motifs is 2. The lowest BCUT2D eigenvalue weighted by atomic mass is 10.1. The smallest absolute Gasteiger partial charge is 0.354 e. The monoisotopic (exact) mass is 264 g/mol. The average molecular weight is 264 g/mol. The van der Waals surface area contributed by atoms with Gasteiger partial charge in [0.05, 0.1) is 11.8 Å². The summed E-state index contributed by atoms with van der Waals surface area (Å²) >= 11 is 0. The number of rotatable bonds is 2. The first-order chi connectivity index (χ1) is 9.08. The Bertz CT molecular complexity index is 539. The predicted molar refractivity (Wildman–Crippen MR) is 66.0 cm³/mol. The molecule has 7 heteroatoms. The van der Waals surface area contributed by atoms with Crippen LogP contribution in [0.25, 0.3) is 0 Å². The first kappa shape index (κ1) is 12.2. The molecular formula is C12H16N4O3. The molecule has 1 N–H and O–H groups in total. The largest absolute Gasteiger partial charge is 0.477 e. The van der Waals surface area contributed by atoms with Gasteiger partial charge in [-0.2, -0.15) is 5.10 Å². The summed E-state index contributed by atoms with van der Waals surface area (Å²) in [5.74, 6) is -1.33. The highest BCUT2D eigenvalue weighted by molar-refractivity contribution is 6.03. The zero-order valence-corrected chi connectivity index (χ0v) is 10.7. The SMILES string of the molecule is Cn1ncc(C(=O)N2CCN3CCC2C3)c1C(=O)O. The molecule has 1 amide bonds. The fraction of sp³-hybridized carbons (Fsp3) is 0.583. The number of carbonyl (C=O) groups excluding carboxylic acids is 1. The number of aromatic nitrogens is 2. The number of nitrogens with zero attached hydrogens (tertiary/aromatic N) is 4. The molecule has 2 aliphatic rings. The Morgan fingerprint density at radius 3 is 2.89 bits per heavy atom. The van der Waals surface area contributed by atoms with Crippen molar-refractivity contribution in [3.8, 4) is 0 Å². The van der Waals surface area contributed by atoms with E-state index in [0.717, 1.165) is 26.1 Å². The van der Waals surface area contributed by atoms with E-state index in [1.807, 2.05) is 0 Å². The van der Waals surface area contributed by atoms with Crippen LogP contribution in [-0.2, 0) is 7.05 Å². The van der Waals surface area contributed by atoms with Crippen LogP contribution in [0.4, 0.5) is 0 Å². The lowest BCUT2D eigenvalue weighted by Crippen LogP contribution is -2.49. The topological polar surface area (TPSA) is 78.7 Å². The number of carboxylic acids is 1. The van der Waals surface area contributed by atoms with Crippen molar-refractivity contribution >= 4 is 11.9 Å². The maximum absolute atomic E-state index is 12.5. The second-order valence-corrected chi connectivity index (χ2v) is 5.08. The van der Waals surface area contributed by atoms with E-state index >= 15 is 0 Å². The van der Waals surface area contributed by atoms with E-state index < -0.39 is 5.97 Å². The van der Waals surface area contributed by atoms with Crippen molar-refractivity contribution < 1.29 is 14.7 Å². The number of aryl methyl sites for hydroxylation is 1. The van der Waals surface area contributed by atoms with Crippen molar-refractivity contribution in [3.05, 3.63) is 17.5 Å². The van der Waals surface area contributed by atoms with E-state index in [9.17, 15) is 14.7 Å². The molecular weight excluding hydrogens is 248 g/mol. The Morgan fingerprint density at radius 2 is 2.16 bits per heavy atom. The van der Waals surface area contributed by atoms with Gasteiger partial charge in [0.2, 0.25) is 0 Å². The summed E-state index contributed by atoms with van der Waals surface area (Å²) in [7, 11) is 1.54. The lowest BCUT2D eigenvalue weighted by Gasteiger charge is -2.34. The molecule has 3 heterocycles. The molecule has 2 saturated heterocycles. The Morgan fingerprint density at radius 1 is 1.37 bits per heavy atom. The fourth-order valence-corrected chi connectivity index (χ4v) is 2.97. The Hall–Kier alpha value is -1.89. The number of hydrogen-bond donors (Lipinski definition) is 1. The molecule has 19 heavy (non-hydrogen) atoms. The van der Waals surface area contributed by atoms with Crippen LogP contribution in [0, 0.1) is 0 Å². The number of piperazine rings is 1. The standard InChI is InChI=1S/C12H16N4O3/c1-14-10(12(18)19)9(6-13-14)11(17)16-5-4-15-3-2-8(16)7-15/h6,8H,2-5,7H2,1H3,(H,18,19). The molecule has 2 bridgehead atoms. The lowest BCUT2D eigenvalue weighted by molar-refractivity contribution is 0.0589. The maximum atomic E-state index is 12.5. The van der Waals surface area contributed by atoms with E-state index in [-0.39, 0.29) is 23.2 Å². The molecule has 102 valence electrons. The van der Waals surface area contributed by atoms with Gasteiger partial charge in [0.15, 0.2) is 5.69 Å². The van der Waals surface area contributed by atoms with E-state index in [1.165, 1.54) is 17.9 Å². The zero-order valence-electron chi connectivity index (χ0n) is 10.7. The average Bonchev–Trinajstić information content (AvgIpc) is 2.93. The second kappa shape index (κ2) is 4.34. The van der Waals surface area contributed by atoms with Crippen LogP contribution in [0.3, 0.4) is 0 Å². The van der Waals surface area contributed by atoms with Crippen LogP contribution in [0.5, 0.6) is 0 Å². The molecule has 1 aromatic heterocycles. The highest BCUT2D eigenvalue weighted by Crippen LogP contribution is 2.23. The number of aromatic carboxylic acids is 1. The Balaban J connectivity index is 1.90. The number of carbonyl (C=O) groups is 2. The first-order valence-corrected chi connectivity index (χ1v) is 6.36. The van der Waals surface area contributed by atoms with Crippen LogP contribution >= 0.6 is 0 Å². The van der Waals surface area contributed by atoms with Gasteiger partial charge in [-0.1, -0.05) is 0 Å². The maximum Gasteiger partial charge on any atom is 0.354 e. The summed E-state index contributed by atoms with van der Waals surface area (Å²) in [6, 6.07) is 0.211. The normalized spacial score (nSPS) is 25.6. The minimum atomic E-state index is -1.12. The van der Waals surface area contributed by atoms with Crippen molar-refractivity contribution in [2.75, 3.05) is 26.2 Å².